The van der Waals surface area contributed by atoms with Crippen LogP contribution in [0.25, 0.3) is 0 Å². The second-order valence-corrected chi connectivity index (χ2v) is 10.8. The summed E-state index contributed by atoms with van der Waals surface area (Å²) >= 11 is 0.951. The first-order valence-corrected chi connectivity index (χ1v) is 12.7. The van der Waals surface area contributed by atoms with Crippen molar-refractivity contribution in [3.63, 3.8) is 0 Å². The molecule has 0 bridgehead atoms. The van der Waals surface area contributed by atoms with Crippen molar-refractivity contribution in [3.8, 4) is 6.07 Å². The second kappa shape index (κ2) is 16.8. The summed E-state index contributed by atoms with van der Waals surface area (Å²) in [5, 5.41) is 17.9. The van der Waals surface area contributed by atoms with Crippen molar-refractivity contribution in [2.24, 2.45) is 0 Å². The minimum Gasteiger partial charge on any atom is -0.481 e. The normalized spacial score (nSPS) is 13.1. The molecule has 1 unspecified atom stereocenters. The van der Waals surface area contributed by atoms with Crippen molar-refractivity contribution >= 4 is 43.8 Å². The van der Waals surface area contributed by atoms with Gasteiger partial charge in [0.25, 0.3) is 4.45 Å². The summed E-state index contributed by atoms with van der Waals surface area (Å²) < 4.78 is -1.07. The summed E-state index contributed by atoms with van der Waals surface area (Å²) in [5.74, 6) is -0.00575. The fourth-order valence-corrected chi connectivity index (χ4v) is 5.85. The number of rotatable bonds is 16. The maximum absolute atomic E-state index is 12.0. The number of thioether (sulfide) groups is 1. The molecule has 0 radical (unpaired) electrons. The van der Waals surface area contributed by atoms with Crippen LogP contribution in [0.3, 0.4) is 0 Å². The van der Waals surface area contributed by atoms with E-state index in [1.807, 2.05) is 0 Å². The lowest BCUT2D eigenvalue weighted by Crippen LogP contribution is -2.20. The molecular formula is C19H33NO3S3. The number of carboxylic acid groups (broad SMARTS) is 1. The topological polar surface area (TPSA) is 78.2 Å². The molecule has 0 amide bonds. The van der Waals surface area contributed by atoms with Gasteiger partial charge in [-0.25, -0.2) is 0 Å². The Morgan fingerprint density at radius 2 is 1.54 bits per heavy atom. The smallest absolute Gasteiger partial charge is 0.303 e. The highest BCUT2D eigenvalue weighted by atomic mass is 33.1. The van der Waals surface area contributed by atoms with Crippen LogP contribution in [-0.4, -0.2) is 26.0 Å². The number of nitriles is 1. The van der Waals surface area contributed by atoms with Crippen LogP contribution in [0.5, 0.6) is 0 Å². The molecule has 0 aromatic carbocycles. The van der Waals surface area contributed by atoms with E-state index in [9.17, 15) is 14.9 Å². The lowest BCUT2D eigenvalue weighted by molar-refractivity contribution is -0.137. The van der Waals surface area contributed by atoms with Gasteiger partial charge >= 0.3 is 5.97 Å². The summed E-state index contributed by atoms with van der Waals surface area (Å²) in [6.07, 6.45) is 13.1. The van der Waals surface area contributed by atoms with Crippen LogP contribution in [-0.2, 0) is 4.79 Å². The Bertz CT molecular complexity index is 440. The number of nitrogens with zero attached hydrogens (tertiary/aromatic N) is 1. The number of aliphatic carboxylic acids is 1. The van der Waals surface area contributed by atoms with Gasteiger partial charge in [-0.15, -0.1) is 0 Å². The first-order chi connectivity index (χ1) is 12.4. The van der Waals surface area contributed by atoms with Gasteiger partial charge in [-0.1, -0.05) is 87.3 Å². The zero-order valence-corrected chi connectivity index (χ0v) is 18.6. The highest BCUT2D eigenvalue weighted by Gasteiger charge is 2.29. The molecule has 1 N–H and O–H groups in total. The quantitative estimate of drug-likeness (QED) is 0.208. The first-order valence-electron chi connectivity index (χ1n) is 9.59. The van der Waals surface area contributed by atoms with Crippen LogP contribution in [0.4, 0.5) is 4.79 Å². The van der Waals surface area contributed by atoms with Crippen molar-refractivity contribution < 1.29 is 14.7 Å². The minimum absolute atomic E-state index is 0.0965. The van der Waals surface area contributed by atoms with Crippen LogP contribution in [0.1, 0.15) is 90.9 Å². The van der Waals surface area contributed by atoms with Gasteiger partial charge in [0.15, 0.2) is 0 Å². The van der Waals surface area contributed by atoms with Gasteiger partial charge in [0, 0.05) is 12.2 Å². The zero-order chi connectivity index (χ0) is 19.7. The molecule has 0 aromatic rings. The average Bonchev–Trinajstić information content (AvgIpc) is 2.61. The van der Waals surface area contributed by atoms with Crippen LogP contribution in [0.2, 0.25) is 0 Å². The molecule has 0 aromatic heterocycles. The largest absolute Gasteiger partial charge is 0.481 e. The second-order valence-electron chi connectivity index (χ2n) is 6.68. The summed E-state index contributed by atoms with van der Waals surface area (Å²) in [6.45, 7) is 3.87. The standard InChI is InChI=1S/C19H33NO3S3/c1-3-4-5-6-7-8-9-10-11-12-15-24-26-18(23)25-19(2,16-20)14-13-17(21)22/h3-15H2,1-2H3,(H,21,22). The number of hydrogen-bond donors (Lipinski definition) is 1. The molecule has 7 heteroatoms. The van der Waals surface area contributed by atoms with Crippen LogP contribution in [0, 0.1) is 11.3 Å². The van der Waals surface area contributed by atoms with E-state index in [-0.39, 0.29) is 17.3 Å². The molecule has 0 aliphatic rings. The molecule has 26 heavy (non-hydrogen) atoms. The SMILES string of the molecule is CCCCCCCCCCCCSSC(=O)SC(C)(C#N)CCC(=O)O. The third-order valence-electron chi connectivity index (χ3n) is 4.07. The van der Waals surface area contributed by atoms with Gasteiger partial charge in [0.2, 0.25) is 0 Å². The monoisotopic (exact) mass is 419 g/mol. The highest BCUT2D eigenvalue weighted by Crippen LogP contribution is 2.38. The van der Waals surface area contributed by atoms with Gasteiger partial charge in [-0.2, -0.15) is 5.26 Å². The number of hydrogen-bond acceptors (Lipinski definition) is 6. The maximum atomic E-state index is 12.0. The van der Waals surface area contributed by atoms with Crippen molar-refractivity contribution in [2.45, 2.75) is 95.6 Å². The van der Waals surface area contributed by atoms with E-state index in [1.165, 1.54) is 79.4 Å². The maximum Gasteiger partial charge on any atom is 0.303 e. The summed E-state index contributed by atoms with van der Waals surface area (Å²) in [4.78, 5) is 22.6. The van der Waals surface area contributed by atoms with E-state index >= 15 is 0 Å². The summed E-state index contributed by atoms with van der Waals surface area (Å²) in [7, 11) is 2.71. The Morgan fingerprint density at radius 3 is 2.04 bits per heavy atom. The average molecular weight is 420 g/mol. The van der Waals surface area contributed by atoms with Crippen molar-refractivity contribution in [2.75, 3.05) is 5.75 Å². The predicted octanol–water partition coefficient (Wildman–Crippen LogP) is 7.29. The number of carbonyl (C=O) groups is 2. The molecule has 0 rings (SSSR count). The molecule has 4 nitrogen and oxygen atoms in total. The molecule has 1 atom stereocenters. The summed E-state index contributed by atoms with van der Waals surface area (Å²) in [6, 6.07) is 2.07. The Balaban J connectivity index is 3.59. The van der Waals surface area contributed by atoms with Crippen LogP contribution >= 0.6 is 33.3 Å². The third-order valence-corrected chi connectivity index (χ3v) is 7.82. The molecule has 0 saturated heterocycles. The van der Waals surface area contributed by atoms with E-state index in [0.29, 0.717) is 0 Å². The number of unbranched alkanes of at least 4 members (excludes halogenated alkanes) is 9. The molecule has 0 heterocycles. The first kappa shape index (κ1) is 25.7. The van der Waals surface area contributed by atoms with E-state index in [2.05, 4.69) is 13.0 Å². The fourth-order valence-electron chi connectivity index (χ4n) is 2.41. The zero-order valence-electron chi connectivity index (χ0n) is 16.1. The lowest BCUT2D eigenvalue weighted by Gasteiger charge is -2.17. The Morgan fingerprint density at radius 1 is 1.00 bits per heavy atom. The Labute approximate surface area is 171 Å². The molecule has 0 aliphatic carbocycles. The van der Waals surface area contributed by atoms with Crippen molar-refractivity contribution in [3.05, 3.63) is 0 Å². The van der Waals surface area contributed by atoms with Crippen molar-refractivity contribution in [1.82, 2.24) is 0 Å². The van der Waals surface area contributed by atoms with Crippen LogP contribution < -0.4 is 0 Å². The Kier molecular flexibility index (Phi) is 16.6. The highest BCUT2D eigenvalue weighted by molar-refractivity contribution is 8.86. The van der Waals surface area contributed by atoms with E-state index in [4.69, 9.17) is 5.11 Å². The van der Waals surface area contributed by atoms with E-state index < -0.39 is 10.7 Å². The lowest BCUT2D eigenvalue weighted by atomic mass is 10.1. The van der Waals surface area contributed by atoms with Gasteiger partial charge in [0.1, 0.15) is 4.75 Å². The Hall–Kier alpha value is -0.320. The van der Waals surface area contributed by atoms with E-state index in [1.54, 1.807) is 6.92 Å². The van der Waals surface area contributed by atoms with Gasteiger partial charge in [-0.3, -0.25) is 9.59 Å². The van der Waals surface area contributed by atoms with Crippen LogP contribution in [0.15, 0.2) is 0 Å². The van der Waals surface area contributed by atoms with Crippen molar-refractivity contribution in [1.29, 1.82) is 5.26 Å². The fraction of sp³-hybridized carbons (Fsp3) is 0.842. The molecule has 0 fully saturated rings. The molecule has 0 spiro atoms. The molecule has 150 valence electrons. The van der Waals surface area contributed by atoms with Gasteiger partial charge in [-0.05, 0) is 30.6 Å². The van der Waals surface area contributed by atoms with Gasteiger partial charge < -0.3 is 5.11 Å². The number of carbonyl (C=O) groups excluding carboxylic acids is 1. The summed E-state index contributed by atoms with van der Waals surface area (Å²) in [5.41, 5.74) is 0. The van der Waals surface area contributed by atoms with Gasteiger partial charge in [0.05, 0.1) is 6.07 Å². The number of carboxylic acids is 1. The molecule has 0 saturated carbocycles. The molecular weight excluding hydrogens is 386 g/mol. The predicted molar refractivity (Wildman–Crippen MR) is 116 cm³/mol. The molecule has 0 aliphatic heterocycles. The minimum atomic E-state index is -0.958. The van der Waals surface area contributed by atoms with E-state index in [0.717, 1.165) is 23.9 Å². The third kappa shape index (κ3) is 15.9.